The van der Waals surface area contributed by atoms with E-state index in [1.807, 2.05) is 29.8 Å². The number of thiophene rings is 1. The topological polar surface area (TPSA) is 84.8 Å². The van der Waals surface area contributed by atoms with Gasteiger partial charge in [0.1, 0.15) is 0 Å². The van der Waals surface area contributed by atoms with Crippen molar-refractivity contribution in [3.8, 4) is 10.6 Å². The van der Waals surface area contributed by atoms with Crippen LogP contribution in [-0.2, 0) is 11.3 Å². The fraction of sp³-hybridized carbons (Fsp3) is 0.267. The predicted octanol–water partition coefficient (Wildman–Crippen LogP) is 1.78. The molecule has 120 valence electrons. The van der Waals surface area contributed by atoms with E-state index in [0.717, 1.165) is 10.6 Å². The van der Waals surface area contributed by atoms with Crippen LogP contribution in [0.5, 0.6) is 0 Å². The number of nitrogens with one attached hydrogen (secondary N) is 2. The molecule has 0 bridgehead atoms. The molecule has 3 heterocycles. The lowest BCUT2D eigenvalue weighted by Crippen LogP contribution is -2.27. The first-order valence-electron chi connectivity index (χ1n) is 7.25. The molecule has 0 atom stereocenters. The van der Waals surface area contributed by atoms with Gasteiger partial charge in [-0.15, -0.1) is 11.3 Å². The first-order valence-corrected chi connectivity index (χ1v) is 8.13. The van der Waals surface area contributed by atoms with Crippen LogP contribution in [0.25, 0.3) is 10.6 Å². The van der Waals surface area contributed by atoms with Gasteiger partial charge in [-0.25, -0.2) is 0 Å². The number of nitrogens with zero attached hydrogens (tertiary/aromatic N) is 3. The molecule has 0 spiro atoms. The Labute approximate surface area is 137 Å². The second-order valence-electron chi connectivity index (χ2n) is 4.78. The van der Waals surface area contributed by atoms with Crippen LogP contribution in [0.15, 0.2) is 42.0 Å². The van der Waals surface area contributed by atoms with E-state index in [1.165, 1.54) is 0 Å². The molecule has 3 rings (SSSR count). The number of ether oxygens (including phenoxy) is 1. The summed E-state index contributed by atoms with van der Waals surface area (Å²) in [6.45, 7) is 2.15. The average Bonchev–Trinajstić information content (AvgIpc) is 3.32. The molecular weight excluding hydrogens is 314 g/mol. The van der Waals surface area contributed by atoms with Gasteiger partial charge >= 0.3 is 0 Å². The van der Waals surface area contributed by atoms with Gasteiger partial charge in [-0.3, -0.25) is 14.6 Å². The van der Waals surface area contributed by atoms with Gasteiger partial charge in [0.2, 0.25) is 0 Å². The number of hydrogen-bond acceptors (Lipinski definition) is 5. The minimum atomic E-state index is -0.209. The summed E-state index contributed by atoms with van der Waals surface area (Å²) in [6, 6.07) is 7.56. The second-order valence-corrected chi connectivity index (χ2v) is 5.73. The van der Waals surface area contributed by atoms with Gasteiger partial charge < -0.3 is 10.1 Å². The number of amides is 1. The number of carbonyl (C=O) groups is 1. The molecule has 0 radical (unpaired) electrons. The van der Waals surface area contributed by atoms with Gasteiger partial charge in [0, 0.05) is 18.9 Å². The smallest absolute Gasteiger partial charge is 0.271 e. The highest BCUT2D eigenvalue weighted by Crippen LogP contribution is 2.22. The fourth-order valence-corrected chi connectivity index (χ4v) is 2.71. The largest absolute Gasteiger partial charge is 0.378 e. The standard InChI is InChI=1S/C15H17N5O2S/c21-15(13-11-12(18-19-13)14-3-1-10-23-14)16-5-8-22-9-7-20-6-2-4-17-20/h1-4,6,10-11H,5,7-9H2,(H,16,21)(H,18,19). The van der Waals surface area contributed by atoms with Gasteiger partial charge in [0.15, 0.2) is 5.69 Å². The van der Waals surface area contributed by atoms with Crippen LogP contribution in [0.1, 0.15) is 10.5 Å². The Hall–Kier alpha value is -2.45. The third kappa shape index (κ3) is 4.27. The van der Waals surface area contributed by atoms with Crippen LogP contribution in [0.4, 0.5) is 0 Å². The Kier molecular flexibility index (Phi) is 5.17. The molecule has 2 N–H and O–H groups in total. The van der Waals surface area contributed by atoms with Crippen LogP contribution < -0.4 is 5.32 Å². The van der Waals surface area contributed by atoms with Crippen LogP contribution in [0.3, 0.4) is 0 Å². The van der Waals surface area contributed by atoms with Crippen molar-refractivity contribution in [3.05, 3.63) is 47.7 Å². The molecule has 3 aromatic heterocycles. The van der Waals surface area contributed by atoms with Crippen LogP contribution >= 0.6 is 11.3 Å². The molecule has 0 saturated heterocycles. The number of carbonyl (C=O) groups excluding carboxylic acids is 1. The molecule has 23 heavy (non-hydrogen) atoms. The molecule has 0 aliphatic heterocycles. The molecular formula is C15H17N5O2S. The Morgan fingerprint density at radius 2 is 2.35 bits per heavy atom. The van der Waals surface area contributed by atoms with Crippen molar-refractivity contribution < 1.29 is 9.53 Å². The summed E-state index contributed by atoms with van der Waals surface area (Å²) < 4.78 is 7.26. The van der Waals surface area contributed by atoms with Gasteiger partial charge in [0.05, 0.1) is 30.3 Å². The minimum absolute atomic E-state index is 0.209. The van der Waals surface area contributed by atoms with Crippen LogP contribution in [0, 0.1) is 0 Å². The summed E-state index contributed by atoms with van der Waals surface area (Å²) in [7, 11) is 0. The maximum Gasteiger partial charge on any atom is 0.271 e. The number of H-pyrrole nitrogens is 1. The summed E-state index contributed by atoms with van der Waals surface area (Å²) in [6.07, 6.45) is 3.61. The molecule has 0 aliphatic carbocycles. The number of aromatic nitrogens is 4. The Bertz CT molecular complexity index is 721. The third-order valence-electron chi connectivity index (χ3n) is 3.15. The summed E-state index contributed by atoms with van der Waals surface area (Å²) >= 11 is 1.60. The first-order chi connectivity index (χ1) is 11.3. The summed E-state index contributed by atoms with van der Waals surface area (Å²) in [4.78, 5) is 13.0. The van der Waals surface area contributed by atoms with E-state index >= 15 is 0 Å². The van der Waals surface area contributed by atoms with Crippen molar-refractivity contribution in [3.63, 3.8) is 0 Å². The lowest BCUT2D eigenvalue weighted by molar-refractivity contribution is 0.0901. The van der Waals surface area contributed by atoms with E-state index in [9.17, 15) is 4.79 Å². The molecule has 1 amide bonds. The second kappa shape index (κ2) is 7.70. The highest BCUT2D eigenvalue weighted by atomic mass is 32.1. The minimum Gasteiger partial charge on any atom is -0.378 e. The molecule has 3 aromatic rings. The van der Waals surface area contributed by atoms with Crippen molar-refractivity contribution in [2.75, 3.05) is 19.8 Å². The van der Waals surface area contributed by atoms with Crippen molar-refractivity contribution >= 4 is 17.2 Å². The zero-order valence-electron chi connectivity index (χ0n) is 12.4. The highest BCUT2D eigenvalue weighted by Gasteiger charge is 2.11. The summed E-state index contributed by atoms with van der Waals surface area (Å²) in [5.41, 5.74) is 1.23. The number of rotatable bonds is 8. The van der Waals surface area contributed by atoms with E-state index in [0.29, 0.717) is 32.0 Å². The van der Waals surface area contributed by atoms with Crippen molar-refractivity contribution in [1.29, 1.82) is 0 Å². The van der Waals surface area contributed by atoms with Crippen molar-refractivity contribution in [2.45, 2.75) is 6.54 Å². The van der Waals surface area contributed by atoms with E-state index < -0.39 is 0 Å². The zero-order chi connectivity index (χ0) is 15.9. The van der Waals surface area contributed by atoms with Crippen molar-refractivity contribution in [1.82, 2.24) is 25.3 Å². The van der Waals surface area contributed by atoms with E-state index in [2.05, 4.69) is 20.6 Å². The lowest BCUT2D eigenvalue weighted by Gasteiger charge is -2.05. The maximum absolute atomic E-state index is 12.0. The monoisotopic (exact) mass is 331 g/mol. The Balaban J connectivity index is 1.36. The van der Waals surface area contributed by atoms with Gasteiger partial charge in [-0.05, 0) is 23.6 Å². The summed E-state index contributed by atoms with van der Waals surface area (Å²) in [5.74, 6) is -0.209. The molecule has 7 nitrogen and oxygen atoms in total. The van der Waals surface area contributed by atoms with E-state index in [1.54, 1.807) is 28.3 Å². The first kappa shape index (κ1) is 15.4. The fourth-order valence-electron chi connectivity index (χ4n) is 2.02. The lowest BCUT2D eigenvalue weighted by atomic mass is 10.3. The van der Waals surface area contributed by atoms with Crippen LogP contribution in [-0.4, -0.2) is 45.6 Å². The molecule has 0 fully saturated rings. The van der Waals surface area contributed by atoms with Crippen molar-refractivity contribution in [2.24, 2.45) is 0 Å². The van der Waals surface area contributed by atoms with E-state index in [-0.39, 0.29) is 5.91 Å². The summed E-state index contributed by atoms with van der Waals surface area (Å²) in [5, 5.41) is 15.8. The predicted molar refractivity (Wildman–Crippen MR) is 87.3 cm³/mol. The van der Waals surface area contributed by atoms with Crippen LogP contribution in [0.2, 0.25) is 0 Å². The quantitative estimate of drug-likeness (QED) is 0.616. The number of hydrogen-bond donors (Lipinski definition) is 2. The molecule has 0 unspecified atom stereocenters. The van der Waals surface area contributed by atoms with Gasteiger partial charge in [0.25, 0.3) is 5.91 Å². The molecule has 8 heteroatoms. The Morgan fingerprint density at radius 3 is 3.13 bits per heavy atom. The average molecular weight is 331 g/mol. The zero-order valence-corrected chi connectivity index (χ0v) is 13.3. The van der Waals surface area contributed by atoms with Gasteiger partial charge in [-0.1, -0.05) is 6.07 Å². The van der Waals surface area contributed by atoms with Gasteiger partial charge in [-0.2, -0.15) is 10.2 Å². The highest BCUT2D eigenvalue weighted by molar-refractivity contribution is 7.13. The molecule has 0 aliphatic rings. The SMILES string of the molecule is O=C(NCCOCCn1cccn1)c1cc(-c2cccs2)[nH]n1. The Morgan fingerprint density at radius 1 is 1.39 bits per heavy atom. The molecule has 0 saturated carbocycles. The maximum atomic E-state index is 12.0. The normalized spacial score (nSPS) is 10.8. The van der Waals surface area contributed by atoms with E-state index in [4.69, 9.17) is 4.74 Å². The number of aromatic amines is 1. The third-order valence-corrected chi connectivity index (χ3v) is 4.06. The molecule has 0 aromatic carbocycles.